The zero-order valence-corrected chi connectivity index (χ0v) is 16.9. The summed E-state index contributed by atoms with van der Waals surface area (Å²) in [5.41, 5.74) is 0.748. The van der Waals surface area contributed by atoms with Gasteiger partial charge in [-0.3, -0.25) is 19.5 Å². The summed E-state index contributed by atoms with van der Waals surface area (Å²) in [6.07, 6.45) is 3.06. The van der Waals surface area contributed by atoms with E-state index < -0.39 is 33.5 Å². The number of benzene rings is 1. The Labute approximate surface area is 176 Å². The Balaban J connectivity index is 1.85. The van der Waals surface area contributed by atoms with Gasteiger partial charge in [0.15, 0.2) is 5.76 Å². The summed E-state index contributed by atoms with van der Waals surface area (Å²) in [6, 6.07) is 11.0. The number of pyridine rings is 1. The molecule has 0 saturated heterocycles. The fraction of sp³-hybridized carbons (Fsp3) is 0.0500. The van der Waals surface area contributed by atoms with Crippen LogP contribution in [0.15, 0.2) is 82.5 Å². The molecule has 1 aliphatic rings. The van der Waals surface area contributed by atoms with E-state index in [1.165, 1.54) is 46.7 Å². The molecule has 1 amide bonds. The van der Waals surface area contributed by atoms with E-state index in [4.69, 9.17) is 5.14 Å². The number of sulfonamides is 1. The maximum absolute atomic E-state index is 13.1. The summed E-state index contributed by atoms with van der Waals surface area (Å²) in [7, 11) is -3.91. The highest BCUT2D eigenvalue weighted by molar-refractivity contribution is 7.89. The quantitative estimate of drug-likeness (QED) is 0.585. The van der Waals surface area contributed by atoms with Gasteiger partial charge >= 0.3 is 0 Å². The molecular weight excluding hydrogens is 426 g/mol. The highest BCUT2D eigenvalue weighted by Gasteiger charge is 2.45. The molecule has 10 heteroatoms. The molecule has 0 saturated carbocycles. The van der Waals surface area contributed by atoms with Crippen molar-refractivity contribution in [2.45, 2.75) is 10.9 Å². The molecule has 8 nitrogen and oxygen atoms in total. The lowest BCUT2D eigenvalue weighted by Crippen LogP contribution is -2.31. The molecule has 2 aromatic heterocycles. The molecule has 0 radical (unpaired) electrons. The molecular formula is C20H15N3O5S2. The highest BCUT2D eigenvalue weighted by atomic mass is 32.2. The minimum atomic E-state index is -3.91. The van der Waals surface area contributed by atoms with Crippen molar-refractivity contribution >= 4 is 38.7 Å². The number of rotatable bonds is 5. The molecule has 0 aliphatic carbocycles. The molecule has 0 fully saturated rings. The van der Waals surface area contributed by atoms with Gasteiger partial charge in [-0.25, -0.2) is 13.6 Å². The van der Waals surface area contributed by atoms with E-state index in [9.17, 15) is 23.1 Å². The molecule has 3 aromatic rings. The SMILES string of the molecule is NS(=O)(=O)c1ccc(N2C(=O)C(O)=C(C(=O)c3cccs3)C2c2cccnc2)cc1. The molecule has 3 N–H and O–H groups in total. The van der Waals surface area contributed by atoms with Crippen LogP contribution in [0.25, 0.3) is 0 Å². The van der Waals surface area contributed by atoms with E-state index in [-0.39, 0.29) is 10.5 Å². The normalized spacial score (nSPS) is 16.9. The monoisotopic (exact) mass is 441 g/mol. The Hall–Kier alpha value is -3.34. The molecule has 1 aliphatic heterocycles. The first kappa shape index (κ1) is 20.0. The standard InChI is InChI=1S/C20H15N3O5S2/c21-30(27,28)14-7-5-13(6-8-14)23-17(12-3-1-9-22-11-12)16(19(25)20(23)26)18(24)15-4-2-10-29-15/h1-11,17,25H,(H2,21,27,28). The van der Waals surface area contributed by atoms with E-state index in [1.807, 2.05) is 0 Å². The van der Waals surface area contributed by atoms with Gasteiger partial charge in [0.25, 0.3) is 5.91 Å². The van der Waals surface area contributed by atoms with Gasteiger partial charge in [-0.15, -0.1) is 11.3 Å². The molecule has 1 atom stereocenters. The van der Waals surface area contributed by atoms with E-state index >= 15 is 0 Å². The van der Waals surface area contributed by atoms with Gasteiger partial charge in [0.05, 0.1) is 21.4 Å². The van der Waals surface area contributed by atoms with Crippen LogP contribution in [0.5, 0.6) is 0 Å². The van der Waals surface area contributed by atoms with Gasteiger partial charge < -0.3 is 5.11 Å². The Morgan fingerprint density at radius 2 is 1.87 bits per heavy atom. The molecule has 1 aromatic carbocycles. The first-order chi connectivity index (χ1) is 14.3. The van der Waals surface area contributed by atoms with Crippen LogP contribution in [0.1, 0.15) is 21.3 Å². The number of carbonyl (C=O) groups is 2. The molecule has 0 spiro atoms. The molecule has 1 unspecified atom stereocenters. The van der Waals surface area contributed by atoms with Crippen LogP contribution in [-0.4, -0.2) is 30.2 Å². The Morgan fingerprint density at radius 3 is 2.43 bits per heavy atom. The average molecular weight is 441 g/mol. The first-order valence-corrected chi connectivity index (χ1v) is 11.1. The van der Waals surface area contributed by atoms with E-state index in [1.54, 1.807) is 35.8 Å². The smallest absolute Gasteiger partial charge is 0.294 e. The van der Waals surface area contributed by atoms with Crippen LogP contribution in [0.4, 0.5) is 5.69 Å². The zero-order chi connectivity index (χ0) is 21.5. The van der Waals surface area contributed by atoms with Gasteiger partial charge in [-0.05, 0) is 47.3 Å². The van der Waals surface area contributed by atoms with Crippen molar-refractivity contribution in [3.8, 4) is 0 Å². The third kappa shape index (κ3) is 3.41. The van der Waals surface area contributed by atoms with Crippen molar-refractivity contribution in [1.29, 1.82) is 0 Å². The second-order valence-corrected chi connectivity index (χ2v) is 8.98. The fourth-order valence-electron chi connectivity index (χ4n) is 3.29. The van der Waals surface area contributed by atoms with Gasteiger partial charge in [0.2, 0.25) is 15.8 Å². The number of primary sulfonamides is 1. The summed E-state index contributed by atoms with van der Waals surface area (Å²) in [4.78, 5) is 31.6. The molecule has 30 heavy (non-hydrogen) atoms. The summed E-state index contributed by atoms with van der Waals surface area (Å²) in [6.45, 7) is 0. The third-order valence-corrected chi connectivity index (χ3v) is 6.44. The maximum Gasteiger partial charge on any atom is 0.294 e. The summed E-state index contributed by atoms with van der Waals surface area (Å²) < 4.78 is 23.1. The van der Waals surface area contributed by atoms with Crippen molar-refractivity contribution in [2.24, 2.45) is 5.14 Å². The second kappa shape index (κ2) is 7.48. The maximum atomic E-state index is 13.1. The Bertz CT molecular complexity index is 1250. The van der Waals surface area contributed by atoms with Gasteiger partial charge in [0, 0.05) is 18.1 Å². The summed E-state index contributed by atoms with van der Waals surface area (Å²) in [5, 5.41) is 17.5. The molecule has 3 heterocycles. The lowest BCUT2D eigenvalue weighted by atomic mass is 9.96. The Kier molecular flexibility index (Phi) is 4.98. The number of thiophene rings is 1. The van der Waals surface area contributed by atoms with Crippen molar-refractivity contribution in [2.75, 3.05) is 4.90 Å². The minimum Gasteiger partial charge on any atom is -0.503 e. The number of aliphatic hydroxyl groups excluding tert-OH is 1. The van der Waals surface area contributed by atoms with Crippen LogP contribution < -0.4 is 10.0 Å². The van der Waals surface area contributed by atoms with Crippen LogP contribution >= 0.6 is 11.3 Å². The highest BCUT2D eigenvalue weighted by Crippen LogP contribution is 2.42. The lowest BCUT2D eigenvalue weighted by molar-refractivity contribution is -0.117. The summed E-state index contributed by atoms with van der Waals surface area (Å²) in [5.74, 6) is -1.89. The number of hydrogen-bond acceptors (Lipinski definition) is 7. The number of Topliss-reactive ketones (excluding diaryl/α,β-unsaturated/α-hetero) is 1. The fourth-order valence-corrected chi connectivity index (χ4v) is 4.49. The number of carbonyl (C=O) groups excluding carboxylic acids is 2. The number of nitrogens with zero attached hydrogens (tertiary/aromatic N) is 2. The second-order valence-electron chi connectivity index (χ2n) is 6.47. The van der Waals surface area contributed by atoms with E-state index in [2.05, 4.69) is 4.98 Å². The molecule has 0 bridgehead atoms. The predicted molar refractivity (Wildman–Crippen MR) is 111 cm³/mol. The van der Waals surface area contributed by atoms with Crippen molar-refractivity contribution < 1.29 is 23.1 Å². The van der Waals surface area contributed by atoms with Crippen molar-refractivity contribution in [1.82, 2.24) is 4.98 Å². The van der Waals surface area contributed by atoms with Crippen LogP contribution in [0.3, 0.4) is 0 Å². The number of hydrogen-bond donors (Lipinski definition) is 2. The van der Waals surface area contributed by atoms with Gasteiger partial charge in [-0.2, -0.15) is 0 Å². The van der Waals surface area contributed by atoms with Gasteiger partial charge in [0.1, 0.15) is 0 Å². The minimum absolute atomic E-state index is 0.0639. The van der Waals surface area contributed by atoms with Crippen LogP contribution in [0.2, 0.25) is 0 Å². The summed E-state index contributed by atoms with van der Waals surface area (Å²) >= 11 is 1.20. The number of aliphatic hydroxyl groups is 1. The first-order valence-electron chi connectivity index (χ1n) is 8.66. The lowest BCUT2D eigenvalue weighted by Gasteiger charge is -2.26. The van der Waals surface area contributed by atoms with Crippen molar-refractivity contribution in [3.05, 3.63) is 88.1 Å². The average Bonchev–Trinajstić information content (AvgIpc) is 3.35. The van der Waals surface area contributed by atoms with Gasteiger partial charge in [-0.1, -0.05) is 12.1 Å². The number of aromatic nitrogens is 1. The molecule has 4 rings (SSSR count). The number of nitrogens with two attached hydrogens (primary N) is 1. The number of ketones is 1. The molecule has 152 valence electrons. The van der Waals surface area contributed by atoms with E-state index in [0.717, 1.165) is 0 Å². The zero-order valence-electron chi connectivity index (χ0n) is 15.3. The predicted octanol–water partition coefficient (Wildman–Crippen LogP) is 2.57. The topological polar surface area (TPSA) is 131 Å². The van der Waals surface area contributed by atoms with Crippen LogP contribution in [0, 0.1) is 0 Å². The number of anilines is 1. The third-order valence-electron chi connectivity index (χ3n) is 4.64. The van der Waals surface area contributed by atoms with E-state index in [0.29, 0.717) is 16.1 Å². The Morgan fingerprint density at radius 1 is 1.13 bits per heavy atom. The van der Waals surface area contributed by atoms with Crippen molar-refractivity contribution in [3.63, 3.8) is 0 Å². The number of amides is 1. The van der Waals surface area contributed by atoms with Crippen LogP contribution in [-0.2, 0) is 14.8 Å². The largest absolute Gasteiger partial charge is 0.503 e.